The van der Waals surface area contributed by atoms with Gasteiger partial charge in [0.05, 0.1) is 12.9 Å². The van der Waals surface area contributed by atoms with Crippen LogP contribution in [0.25, 0.3) is 0 Å². The molecule has 0 saturated carbocycles. The third-order valence-corrected chi connectivity index (χ3v) is 6.13. The highest BCUT2D eigenvalue weighted by molar-refractivity contribution is 7.99. The van der Waals surface area contributed by atoms with E-state index in [0.717, 1.165) is 5.56 Å². The van der Waals surface area contributed by atoms with Gasteiger partial charge in [-0.1, -0.05) is 29.4 Å². The van der Waals surface area contributed by atoms with Crippen LogP contribution in [0.5, 0.6) is 5.75 Å². The number of methoxy groups -OCH3 is 1. The molecule has 0 radical (unpaired) electrons. The Balaban J connectivity index is 1.46. The largest absolute Gasteiger partial charge is 0.497 e. The highest BCUT2D eigenvalue weighted by Gasteiger charge is 2.13. The summed E-state index contributed by atoms with van der Waals surface area (Å²) >= 11 is 7.38. The van der Waals surface area contributed by atoms with Gasteiger partial charge in [0.2, 0.25) is 5.91 Å². The number of rotatable bonds is 9. The highest BCUT2D eigenvalue weighted by Crippen LogP contribution is 2.21. The van der Waals surface area contributed by atoms with Crippen molar-refractivity contribution in [3.8, 4) is 5.75 Å². The maximum atomic E-state index is 12.2. The molecule has 2 N–H and O–H groups in total. The zero-order valence-electron chi connectivity index (χ0n) is 18.0. The zero-order valence-corrected chi connectivity index (χ0v) is 19.6. The average Bonchev–Trinajstić information content (AvgIpc) is 3.14. The molecular weight excluding hydrogens is 450 g/mol. The minimum atomic E-state index is -0.169. The van der Waals surface area contributed by atoms with E-state index in [1.165, 1.54) is 11.8 Å². The van der Waals surface area contributed by atoms with E-state index in [1.807, 2.05) is 30.7 Å². The van der Waals surface area contributed by atoms with Gasteiger partial charge >= 0.3 is 0 Å². The van der Waals surface area contributed by atoms with Gasteiger partial charge in [0, 0.05) is 36.3 Å². The molecule has 0 aliphatic rings. The maximum Gasteiger partial charge on any atom is 0.251 e. The first-order chi connectivity index (χ1) is 15.4. The number of nitrogens with one attached hydrogen (secondary N) is 2. The summed E-state index contributed by atoms with van der Waals surface area (Å²) in [4.78, 5) is 24.5. The predicted molar refractivity (Wildman–Crippen MR) is 126 cm³/mol. The van der Waals surface area contributed by atoms with Crippen molar-refractivity contribution in [2.24, 2.45) is 7.05 Å². The fraction of sp³-hybridized carbons (Fsp3) is 0.273. The molecular formula is C22H24ClN5O3S. The normalized spacial score (nSPS) is 10.6. The molecule has 32 heavy (non-hydrogen) atoms. The molecule has 2 aromatic carbocycles. The summed E-state index contributed by atoms with van der Waals surface area (Å²) in [6.45, 7) is 2.32. The van der Waals surface area contributed by atoms with Crippen LogP contribution in [0.3, 0.4) is 0 Å². The summed E-state index contributed by atoms with van der Waals surface area (Å²) in [5.41, 5.74) is 2.16. The van der Waals surface area contributed by atoms with E-state index in [4.69, 9.17) is 16.3 Å². The van der Waals surface area contributed by atoms with Gasteiger partial charge in [-0.3, -0.25) is 9.59 Å². The van der Waals surface area contributed by atoms with Crippen molar-refractivity contribution in [1.29, 1.82) is 0 Å². The molecule has 0 unspecified atom stereocenters. The molecule has 1 heterocycles. The van der Waals surface area contributed by atoms with Crippen molar-refractivity contribution in [2.75, 3.05) is 24.7 Å². The molecule has 0 atom stereocenters. The summed E-state index contributed by atoms with van der Waals surface area (Å²) in [5.74, 6) is 1.27. The quantitative estimate of drug-likeness (QED) is 0.462. The predicted octanol–water partition coefficient (Wildman–Crippen LogP) is 3.49. The molecule has 1 aromatic heterocycles. The molecule has 3 aromatic rings. The molecule has 10 heteroatoms. The lowest BCUT2D eigenvalue weighted by Crippen LogP contribution is -2.26. The lowest BCUT2D eigenvalue weighted by molar-refractivity contribution is -0.113. The zero-order chi connectivity index (χ0) is 23.1. The number of hydrogen-bond acceptors (Lipinski definition) is 6. The molecule has 0 saturated heterocycles. The molecule has 0 fully saturated rings. The SMILES string of the molecule is COc1ccc(C(=O)NCCc2nnc(SCC(=O)Nc3ccc(C)c(Cl)c3)n2C)cc1. The number of anilines is 1. The number of ether oxygens (including phenoxy) is 1. The Bertz CT molecular complexity index is 1100. The third kappa shape index (κ3) is 6.24. The summed E-state index contributed by atoms with van der Waals surface area (Å²) in [5, 5.41) is 15.2. The Labute approximate surface area is 195 Å². The van der Waals surface area contributed by atoms with Crippen molar-refractivity contribution in [1.82, 2.24) is 20.1 Å². The molecule has 0 bridgehead atoms. The lowest BCUT2D eigenvalue weighted by Gasteiger charge is -2.08. The molecule has 2 amide bonds. The molecule has 8 nitrogen and oxygen atoms in total. The number of halogens is 1. The summed E-state index contributed by atoms with van der Waals surface area (Å²) in [6, 6.07) is 12.3. The fourth-order valence-corrected chi connectivity index (χ4v) is 3.73. The van der Waals surface area contributed by atoms with Crippen molar-refractivity contribution in [3.05, 3.63) is 64.4 Å². The Morgan fingerprint density at radius 2 is 1.91 bits per heavy atom. The molecule has 0 aliphatic carbocycles. The van der Waals surface area contributed by atoms with E-state index in [9.17, 15) is 9.59 Å². The van der Waals surface area contributed by atoms with Crippen molar-refractivity contribution < 1.29 is 14.3 Å². The number of benzene rings is 2. The van der Waals surface area contributed by atoms with Crippen LogP contribution in [-0.2, 0) is 18.3 Å². The van der Waals surface area contributed by atoms with E-state index >= 15 is 0 Å². The number of hydrogen-bond donors (Lipinski definition) is 2. The average molecular weight is 474 g/mol. The van der Waals surface area contributed by atoms with Gasteiger partial charge in [-0.25, -0.2) is 0 Å². The summed E-state index contributed by atoms with van der Waals surface area (Å²) in [7, 11) is 3.41. The van der Waals surface area contributed by atoms with Crippen LogP contribution in [0.2, 0.25) is 5.02 Å². The van der Waals surface area contributed by atoms with Gasteiger partial charge in [0.25, 0.3) is 5.91 Å². The number of nitrogens with zero attached hydrogens (tertiary/aromatic N) is 3. The van der Waals surface area contributed by atoms with Crippen LogP contribution in [0.1, 0.15) is 21.7 Å². The Morgan fingerprint density at radius 1 is 1.16 bits per heavy atom. The Morgan fingerprint density at radius 3 is 2.59 bits per heavy atom. The van der Waals surface area contributed by atoms with Gasteiger partial charge in [-0.2, -0.15) is 0 Å². The summed E-state index contributed by atoms with van der Waals surface area (Å²) < 4.78 is 6.91. The number of carbonyl (C=O) groups is 2. The number of aryl methyl sites for hydroxylation is 1. The molecule has 0 aliphatic heterocycles. The monoisotopic (exact) mass is 473 g/mol. The Hall–Kier alpha value is -3.04. The van der Waals surface area contributed by atoms with E-state index in [2.05, 4.69) is 20.8 Å². The first-order valence-electron chi connectivity index (χ1n) is 9.86. The van der Waals surface area contributed by atoms with E-state index < -0.39 is 0 Å². The topological polar surface area (TPSA) is 98.1 Å². The second-order valence-corrected chi connectivity index (χ2v) is 8.34. The standard InChI is InChI=1S/C22H24ClN5O3S/c1-14-4-7-16(12-18(14)23)25-20(29)13-32-22-27-26-19(28(22)2)10-11-24-21(30)15-5-8-17(31-3)9-6-15/h4-9,12H,10-11,13H2,1-3H3,(H,24,30)(H,25,29). The summed E-state index contributed by atoms with van der Waals surface area (Å²) in [6.07, 6.45) is 0.514. The van der Waals surface area contributed by atoms with Gasteiger partial charge < -0.3 is 19.9 Å². The van der Waals surface area contributed by atoms with Gasteiger partial charge in [0.1, 0.15) is 11.6 Å². The fourth-order valence-electron chi connectivity index (χ4n) is 2.82. The molecule has 0 spiro atoms. The Kier molecular flexibility index (Phi) is 8.13. The molecule has 3 rings (SSSR count). The van der Waals surface area contributed by atoms with Crippen LogP contribution >= 0.6 is 23.4 Å². The number of thioether (sulfide) groups is 1. The molecule has 168 valence electrons. The smallest absolute Gasteiger partial charge is 0.251 e. The second kappa shape index (κ2) is 11.0. The third-order valence-electron chi connectivity index (χ3n) is 4.70. The minimum absolute atomic E-state index is 0.161. The first-order valence-corrected chi connectivity index (χ1v) is 11.2. The van der Waals surface area contributed by atoms with Crippen molar-refractivity contribution in [2.45, 2.75) is 18.5 Å². The van der Waals surface area contributed by atoms with Crippen molar-refractivity contribution >= 4 is 40.9 Å². The van der Waals surface area contributed by atoms with E-state index in [-0.39, 0.29) is 17.6 Å². The number of amides is 2. The van der Waals surface area contributed by atoms with Crippen LogP contribution < -0.4 is 15.4 Å². The van der Waals surface area contributed by atoms with E-state index in [0.29, 0.717) is 46.0 Å². The first kappa shape index (κ1) is 23.6. The van der Waals surface area contributed by atoms with Crippen LogP contribution in [-0.4, -0.2) is 46.0 Å². The van der Waals surface area contributed by atoms with Crippen LogP contribution in [0.15, 0.2) is 47.6 Å². The van der Waals surface area contributed by atoms with E-state index in [1.54, 1.807) is 37.4 Å². The van der Waals surface area contributed by atoms with Crippen LogP contribution in [0, 0.1) is 6.92 Å². The highest BCUT2D eigenvalue weighted by atomic mass is 35.5. The van der Waals surface area contributed by atoms with Gasteiger partial charge in [-0.15, -0.1) is 10.2 Å². The van der Waals surface area contributed by atoms with Crippen molar-refractivity contribution in [3.63, 3.8) is 0 Å². The second-order valence-electron chi connectivity index (χ2n) is 6.99. The number of aromatic nitrogens is 3. The minimum Gasteiger partial charge on any atom is -0.497 e. The maximum absolute atomic E-state index is 12.2. The lowest BCUT2D eigenvalue weighted by atomic mass is 10.2. The van der Waals surface area contributed by atoms with Gasteiger partial charge in [0.15, 0.2) is 5.16 Å². The van der Waals surface area contributed by atoms with Crippen LogP contribution in [0.4, 0.5) is 5.69 Å². The number of carbonyl (C=O) groups excluding carboxylic acids is 2. The van der Waals surface area contributed by atoms with Gasteiger partial charge in [-0.05, 0) is 48.9 Å².